The van der Waals surface area contributed by atoms with Crippen molar-refractivity contribution in [2.45, 2.75) is 109 Å². The van der Waals surface area contributed by atoms with Crippen LogP contribution in [0.15, 0.2) is 11.6 Å². The quantitative estimate of drug-likeness (QED) is 0.282. The molecule has 1 aliphatic carbocycles. The molecule has 3 heteroatoms. The molecule has 0 atom stereocenters. The molecular weight excluding hydrogens is 300 g/mol. The minimum atomic E-state index is -0.954. The fourth-order valence-electron chi connectivity index (χ4n) is 3.60. The molecule has 0 unspecified atom stereocenters. The molecule has 0 heterocycles. The molecule has 0 amide bonds. The van der Waals surface area contributed by atoms with Crippen LogP contribution in [0.5, 0.6) is 0 Å². The van der Waals surface area contributed by atoms with Crippen LogP contribution >= 0.6 is 0 Å². The maximum Gasteiger partial charge on any atom is 0.336 e. The van der Waals surface area contributed by atoms with Crippen molar-refractivity contribution < 1.29 is 14.6 Å². The fraction of sp³-hybridized carbons (Fsp3) is 0.857. The van der Waals surface area contributed by atoms with Crippen molar-refractivity contribution >= 4 is 5.97 Å². The second kappa shape index (κ2) is 12.5. The normalized spacial score (nSPS) is 17.7. The van der Waals surface area contributed by atoms with Crippen molar-refractivity contribution in [3.8, 4) is 0 Å². The lowest BCUT2D eigenvalue weighted by atomic mass is 9.79. The van der Waals surface area contributed by atoms with E-state index < -0.39 is 5.60 Å². The van der Waals surface area contributed by atoms with Gasteiger partial charge in [-0.3, -0.25) is 0 Å². The van der Waals surface area contributed by atoms with Crippen LogP contribution in [0, 0.1) is 0 Å². The number of esters is 1. The van der Waals surface area contributed by atoms with Crippen molar-refractivity contribution in [3.05, 3.63) is 11.6 Å². The fourth-order valence-corrected chi connectivity index (χ4v) is 3.60. The SMILES string of the molecule is CCCCCCCCCCC=C(C(=O)OCC)C1(O)CCCCC1. The molecule has 1 aliphatic rings. The van der Waals surface area contributed by atoms with Gasteiger partial charge in [-0.2, -0.15) is 0 Å². The Morgan fingerprint density at radius 1 is 0.958 bits per heavy atom. The summed E-state index contributed by atoms with van der Waals surface area (Å²) in [5.41, 5.74) is -0.433. The van der Waals surface area contributed by atoms with Gasteiger partial charge in [0.25, 0.3) is 0 Å². The van der Waals surface area contributed by atoms with Gasteiger partial charge in [0.05, 0.1) is 17.8 Å². The molecule has 0 aliphatic heterocycles. The monoisotopic (exact) mass is 338 g/mol. The Bertz CT molecular complexity index is 367. The van der Waals surface area contributed by atoms with E-state index in [1.807, 2.05) is 13.0 Å². The van der Waals surface area contributed by atoms with Gasteiger partial charge in [0, 0.05) is 0 Å². The Morgan fingerprint density at radius 2 is 1.54 bits per heavy atom. The van der Waals surface area contributed by atoms with Gasteiger partial charge in [0.1, 0.15) is 0 Å². The summed E-state index contributed by atoms with van der Waals surface area (Å²) in [6, 6.07) is 0. The van der Waals surface area contributed by atoms with Crippen LogP contribution in [0.3, 0.4) is 0 Å². The lowest BCUT2D eigenvalue weighted by Gasteiger charge is -2.33. The van der Waals surface area contributed by atoms with Crippen LogP contribution in [0.4, 0.5) is 0 Å². The topological polar surface area (TPSA) is 46.5 Å². The third kappa shape index (κ3) is 7.83. The molecule has 140 valence electrons. The van der Waals surface area contributed by atoms with Gasteiger partial charge in [-0.15, -0.1) is 0 Å². The zero-order valence-corrected chi connectivity index (χ0v) is 15.9. The van der Waals surface area contributed by atoms with Gasteiger partial charge in [0.2, 0.25) is 0 Å². The first-order valence-electron chi connectivity index (χ1n) is 10.2. The lowest BCUT2D eigenvalue weighted by molar-refractivity contribution is -0.141. The summed E-state index contributed by atoms with van der Waals surface area (Å²) in [6.07, 6.45) is 17.6. The number of hydrogen-bond donors (Lipinski definition) is 1. The summed E-state index contributed by atoms with van der Waals surface area (Å²) in [5.74, 6) is -0.318. The predicted molar refractivity (Wildman–Crippen MR) is 100.0 cm³/mol. The van der Waals surface area contributed by atoms with Crippen LogP contribution in [0.2, 0.25) is 0 Å². The van der Waals surface area contributed by atoms with Crippen LogP contribution in [0.1, 0.15) is 104 Å². The van der Waals surface area contributed by atoms with E-state index in [4.69, 9.17) is 4.74 Å². The molecule has 24 heavy (non-hydrogen) atoms. The Kier molecular flexibility index (Phi) is 11.1. The van der Waals surface area contributed by atoms with Crippen molar-refractivity contribution in [2.24, 2.45) is 0 Å². The molecule has 1 fully saturated rings. The van der Waals surface area contributed by atoms with Gasteiger partial charge < -0.3 is 9.84 Å². The zero-order chi connectivity index (χ0) is 17.7. The van der Waals surface area contributed by atoms with Crippen LogP contribution in [0.25, 0.3) is 0 Å². The number of ether oxygens (including phenoxy) is 1. The smallest absolute Gasteiger partial charge is 0.336 e. The molecule has 0 bridgehead atoms. The second-order valence-electron chi connectivity index (χ2n) is 7.19. The number of rotatable bonds is 12. The minimum absolute atomic E-state index is 0.318. The Morgan fingerprint density at radius 3 is 2.12 bits per heavy atom. The number of allylic oxidation sites excluding steroid dienone is 1. The molecule has 0 saturated heterocycles. The maximum absolute atomic E-state index is 12.3. The number of carbonyl (C=O) groups excluding carboxylic acids is 1. The summed E-state index contributed by atoms with van der Waals surface area (Å²) in [4.78, 5) is 12.3. The van der Waals surface area contributed by atoms with Crippen LogP contribution in [-0.2, 0) is 9.53 Å². The summed E-state index contributed by atoms with van der Waals surface area (Å²) < 4.78 is 5.19. The highest BCUT2D eigenvalue weighted by atomic mass is 16.5. The molecule has 1 saturated carbocycles. The molecule has 0 spiro atoms. The van der Waals surface area contributed by atoms with E-state index in [0.717, 1.165) is 32.1 Å². The summed E-state index contributed by atoms with van der Waals surface area (Å²) in [7, 11) is 0. The summed E-state index contributed by atoms with van der Waals surface area (Å²) in [5, 5.41) is 10.9. The van der Waals surface area contributed by atoms with E-state index in [0.29, 0.717) is 25.0 Å². The number of aliphatic hydroxyl groups is 1. The summed E-state index contributed by atoms with van der Waals surface area (Å²) >= 11 is 0. The third-order valence-corrected chi connectivity index (χ3v) is 5.08. The molecular formula is C21H38O3. The molecule has 0 aromatic carbocycles. The standard InChI is InChI=1S/C21H38O3/c1-3-5-6-7-8-9-10-11-13-16-19(20(22)24-4-2)21(23)17-14-12-15-18-21/h16,23H,3-15,17-18H2,1-2H3. The van der Waals surface area contributed by atoms with Crippen molar-refractivity contribution in [1.29, 1.82) is 0 Å². The zero-order valence-electron chi connectivity index (χ0n) is 15.9. The highest BCUT2D eigenvalue weighted by Crippen LogP contribution is 2.35. The summed E-state index contributed by atoms with van der Waals surface area (Å²) in [6.45, 7) is 4.43. The van der Waals surface area contributed by atoms with Gasteiger partial charge in [-0.05, 0) is 32.6 Å². The third-order valence-electron chi connectivity index (χ3n) is 5.08. The maximum atomic E-state index is 12.3. The first-order chi connectivity index (χ1) is 11.6. The first kappa shape index (κ1) is 21.2. The Balaban J connectivity index is 2.40. The Labute approximate surface area is 148 Å². The van der Waals surface area contributed by atoms with Crippen molar-refractivity contribution in [3.63, 3.8) is 0 Å². The minimum Gasteiger partial charge on any atom is -0.463 e. The van der Waals surface area contributed by atoms with Crippen molar-refractivity contribution in [1.82, 2.24) is 0 Å². The number of unbranched alkanes of at least 4 members (excludes halogenated alkanes) is 8. The number of hydrogen-bond acceptors (Lipinski definition) is 3. The average molecular weight is 339 g/mol. The van der Waals surface area contributed by atoms with E-state index >= 15 is 0 Å². The van der Waals surface area contributed by atoms with Gasteiger partial charge >= 0.3 is 5.97 Å². The van der Waals surface area contributed by atoms with Crippen LogP contribution in [-0.4, -0.2) is 23.3 Å². The molecule has 0 radical (unpaired) electrons. The highest BCUT2D eigenvalue weighted by molar-refractivity contribution is 5.90. The lowest BCUT2D eigenvalue weighted by Crippen LogP contribution is -2.37. The van der Waals surface area contributed by atoms with Gasteiger partial charge in [0.15, 0.2) is 0 Å². The molecule has 1 N–H and O–H groups in total. The van der Waals surface area contributed by atoms with E-state index in [1.165, 1.54) is 44.9 Å². The van der Waals surface area contributed by atoms with Crippen molar-refractivity contribution in [2.75, 3.05) is 6.61 Å². The number of carbonyl (C=O) groups is 1. The van der Waals surface area contributed by atoms with Gasteiger partial charge in [-0.1, -0.05) is 77.2 Å². The van der Waals surface area contributed by atoms with Crippen LogP contribution < -0.4 is 0 Å². The molecule has 0 aromatic rings. The largest absolute Gasteiger partial charge is 0.463 e. The second-order valence-corrected chi connectivity index (χ2v) is 7.19. The molecule has 3 nitrogen and oxygen atoms in total. The Hall–Kier alpha value is -0.830. The average Bonchev–Trinajstić information content (AvgIpc) is 2.57. The van der Waals surface area contributed by atoms with E-state index in [9.17, 15) is 9.90 Å². The first-order valence-corrected chi connectivity index (χ1v) is 10.2. The van der Waals surface area contributed by atoms with E-state index in [-0.39, 0.29) is 5.97 Å². The van der Waals surface area contributed by atoms with E-state index in [1.54, 1.807) is 0 Å². The van der Waals surface area contributed by atoms with E-state index in [2.05, 4.69) is 6.92 Å². The molecule has 1 rings (SSSR count). The molecule has 0 aromatic heterocycles. The highest BCUT2D eigenvalue weighted by Gasteiger charge is 2.37. The van der Waals surface area contributed by atoms with Gasteiger partial charge in [-0.25, -0.2) is 4.79 Å². The predicted octanol–water partition coefficient (Wildman–Crippen LogP) is 5.70.